The van der Waals surface area contributed by atoms with Gasteiger partial charge in [0.1, 0.15) is 5.82 Å². The molecule has 150 valence electrons. The minimum atomic E-state index is -0.00232. The van der Waals surface area contributed by atoms with Gasteiger partial charge in [0.25, 0.3) is 11.5 Å². The van der Waals surface area contributed by atoms with Gasteiger partial charge in [0, 0.05) is 31.2 Å². The molecule has 7 nitrogen and oxygen atoms in total. The van der Waals surface area contributed by atoms with Crippen LogP contribution in [-0.2, 0) is 19.5 Å². The average Bonchev–Trinajstić information content (AvgIpc) is 3.22. The summed E-state index contributed by atoms with van der Waals surface area (Å²) in [6.45, 7) is 5.38. The van der Waals surface area contributed by atoms with E-state index in [1.54, 1.807) is 10.8 Å². The van der Waals surface area contributed by atoms with Gasteiger partial charge in [-0.1, -0.05) is 19.1 Å². The summed E-state index contributed by atoms with van der Waals surface area (Å²) in [5.41, 5.74) is 2.32. The number of hydrogen-bond acceptors (Lipinski definition) is 4. The van der Waals surface area contributed by atoms with Gasteiger partial charge in [-0.2, -0.15) is 5.10 Å². The molecule has 1 amide bonds. The van der Waals surface area contributed by atoms with Crippen LogP contribution in [0.3, 0.4) is 0 Å². The Morgan fingerprint density at radius 3 is 2.83 bits per heavy atom. The maximum absolute atomic E-state index is 13.5. The molecule has 1 saturated heterocycles. The zero-order valence-electron chi connectivity index (χ0n) is 16.8. The van der Waals surface area contributed by atoms with Gasteiger partial charge in [-0.15, -0.1) is 0 Å². The molecule has 2 bridgehead atoms. The second-order valence-electron chi connectivity index (χ2n) is 8.13. The van der Waals surface area contributed by atoms with Crippen molar-refractivity contribution in [2.75, 3.05) is 0 Å². The molecule has 1 aromatic carbocycles. The zero-order valence-corrected chi connectivity index (χ0v) is 16.8. The van der Waals surface area contributed by atoms with Crippen LogP contribution in [0.5, 0.6) is 0 Å². The van der Waals surface area contributed by atoms with E-state index < -0.39 is 0 Å². The van der Waals surface area contributed by atoms with E-state index in [-0.39, 0.29) is 23.6 Å². The van der Waals surface area contributed by atoms with E-state index in [1.165, 1.54) is 0 Å². The number of carbonyl (C=O) groups is 1. The molecule has 2 aliphatic heterocycles. The minimum Gasteiger partial charge on any atom is -0.330 e. The lowest BCUT2D eigenvalue weighted by molar-refractivity contribution is 0.0665. The highest BCUT2D eigenvalue weighted by atomic mass is 16.2. The highest BCUT2D eigenvalue weighted by Crippen LogP contribution is 2.32. The molecule has 2 aliphatic rings. The fourth-order valence-electron chi connectivity index (χ4n) is 4.88. The molecule has 2 unspecified atom stereocenters. The third-order valence-electron chi connectivity index (χ3n) is 6.38. The van der Waals surface area contributed by atoms with Gasteiger partial charge in [-0.3, -0.25) is 18.8 Å². The summed E-state index contributed by atoms with van der Waals surface area (Å²) < 4.78 is 3.69. The van der Waals surface area contributed by atoms with Crippen molar-refractivity contribution in [1.29, 1.82) is 0 Å². The number of fused-ring (bicyclic) bond motifs is 4. The van der Waals surface area contributed by atoms with Gasteiger partial charge in [-0.05, 0) is 38.3 Å². The molecule has 2 atom stereocenters. The largest absolute Gasteiger partial charge is 0.330 e. The fraction of sp³-hybridized carbons (Fsp3) is 0.455. The van der Waals surface area contributed by atoms with Gasteiger partial charge < -0.3 is 4.90 Å². The van der Waals surface area contributed by atoms with Crippen molar-refractivity contribution in [2.45, 2.75) is 64.7 Å². The van der Waals surface area contributed by atoms with Crippen molar-refractivity contribution in [3.8, 4) is 0 Å². The van der Waals surface area contributed by atoms with Crippen LogP contribution in [0, 0.1) is 6.92 Å². The van der Waals surface area contributed by atoms with Crippen molar-refractivity contribution in [3.05, 3.63) is 57.9 Å². The highest BCUT2D eigenvalue weighted by molar-refractivity contribution is 5.95. The van der Waals surface area contributed by atoms with E-state index in [0.717, 1.165) is 42.8 Å². The Morgan fingerprint density at radius 2 is 2.00 bits per heavy atom. The first-order valence-electron chi connectivity index (χ1n) is 10.4. The predicted molar refractivity (Wildman–Crippen MR) is 110 cm³/mol. The molecule has 3 aromatic rings. The maximum Gasteiger partial charge on any atom is 0.261 e. The molecular weight excluding hydrogens is 366 g/mol. The topological polar surface area (TPSA) is 73.0 Å². The average molecular weight is 391 g/mol. The molecule has 7 heteroatoms. The molecule has 0 aliphatic carbocycles. The van der Waals surface area contributed by atoms with Gasteiger partial charge in [0.05, 0.1) is 28.7 Å². The van der Waals surface area contributed by atoms with Gasteiger partial charge in [0.2, 0.25) is 0 Å². The minimum absolute atomic E-state index is 0.00232. The van der Waals surface area contributed by atoms with Crippen LogP contribution < -0.4 is 5.56 Å². The van der Waals surface area contributed by atoms with Crippen LogP contribution in [0.15, 0.2) is 35.3 Å². The van der Waals surface area contributed by atoms with Crippen LogP contribution in [0.2, 0.25) is 0 Å². The van der Waals surface area contributed by atoms with Crippen LogP contribution in [0.1, 0.15) is 48.1 Å². The quantitative estimate of drug-likeness (QED) is 0.688. The summed E-state index contributed by atoms with van der Waals surface area (Å²) in [4.78, 5) is 33.3. The Morgan fingerprint density at radius 1 is 1.21 bits per heavy atom. The molecule has 29 heavy (non-hydrogen) atoms. The molecule has 5 rings (SSSR count). The van der Waals surface area contributed by atoms with E-state index >= 15 is 0 Å². The maximum atomic E-state index is 13.5. The molecule has 0 spiro atoms. The SMILES string of the molecule is CCCn1ncc(C(=O)N2C3CCC2Cn2c(nc4ccccc4c2=O)C3)c1C. The standard InChI is InChI=1S/C22H25N5O2/c1-3-10-26-14(2)18(12-23-26)22(29)27-15-8-9-16(27)13-25-20(11-15)24-19-7-5-4-6-17(19)21(25)28/h4-7,12,15-16H,3,8-11,13H2,1-2H3. The lowest BCUT2D eigenvalue weighted by atomic mass is 10.1. The zero-order chi connectivity index (χ0) is 20.1. The summed E-state index contributed by atoms with van der Waals surface area (Å²) in [7, 11) is 0. The molecule has 4 heterocycles. The van der Waals surface area contributed by atoms with Gasteiger partial charge >= 0.3 is 0 Å². The van der Waals surface area contributed by atoms with Crippen LogP contribution in [-0.4, -0.2) is 42.2 Å². The molecule has 0 radical (unpaired) electrons. The number of hydrogen-bond donors (Lipinski definition) is 0. The van der Waals surface area contributed by atoms with Crippen LogP contribution in [0.25, 0.3) is 10.9 Å². The van der Waals surface area contributed by atoms with Crippen LogP contribution >= 0.6 is 0 Å². The summed E-state index contributed by atoms with van der Waals surface area (Å²) in [6, 6.07) is 7.58. The number of rotatable bonds is 3. The number of amides is 1. The van der Waals surface area contributed by atoms with E-state index in [4.69, 9.17) is 4.98 Å². The number of benzene rings is 1. The monoisotopic (exact) mass is 391 g/mol. The Balaban J connectivity index is 1.53. The summed E-state index contributed by atoms with van der Waals surface area (Å²) in [6.07, 6.45) is 5.15. The second-order valence-corrected chi connectivity index (χ2v) is 8.13. The Bertz CT molecular complexity index is 1160. The molecule has 1 fully saturated rings. The van der Waals surface area contributed by atoms with E-state index in [1.807, 2.05) is 40.8 Å². The molecule has 0 saturated carbocycles. The molecule has 2 aromatic heterocycles. The van der Waals surface area contributed by atoms with Crippen molar-refractivity contribution in [1.82, 2.24) is 24.2 Å². The van der Waals surface area contributed by atoms with Crippen molar-refractivity contribution in [2.24, 2.45) is 0 Å². The lowest BCUT2D eigenvalue weighted by Gasteiger charge is -2.27. The molecular formula is C22H25N5O2. The summed E-state index contributed by atoms with van der Waals surface area (Å²) in [5, 5.41) is 5.05. The Labute approximate surface area is 169 Å². The second kappa shape index (κ2) is 6.83. The number of nitrogens with zero attached hydrogens (tertiary/aromatic N) is 5. The number of para-hydroxylation sites is 1. The third kappa shape index (κ3) is 2.79. The van der Waals surface area contributed by atoms with E-state index in [9.17, 15) is 9.59 Å². The van der Waals surface area contributed by atoms with Crippen molar-refractivity contribution >= 4 is 16.8 Å². The van der Waals surface area contributed by atoms with Crippen molar-refractivity contribution in [3.63, 3.8) is 0 Å². The number of carbonyl (C=O) groups excluding carboxylic acids is 1. The normalized spacial score (nSPS) is 20.7. The van der Waals surface area contributed by atoms with Crippen LogP contribution in [0.4, 0.5) is 0 Å². The lowest BCUT2D eigenvalue weighted by Crippen LogP contribution is -2.42. The van der Waals surface area contributed by atoms with E-state index in [2.05, 4.69) is 12.0 Å². The highest BCUT2D eigenvalue weighted by Gasteiger charge is 2.41. The fourth-order valence-corrected chi connectivity index (χ4v) is 4.88. The van der Waals surface area contributed by atoms with Crippen molar-refractivity contribution < 1.29 is 4.79 Å². The van der Waals surface area contributed by atoms with E-state index in [0.29, 0.717) is 23.9 Å². The smallest absolute Gasteiger partial charge is 0.261 e. The van der Waals surface area contributed by atoms with Gasteiger partial charge in [-0.25, -0.2) is 4.98 Å². The Kier molecular flexibility index (Phi) is 4.26. The molecule has 0 N–H and O–H groups in total. The summed E-state index contributed by atoms with van der Waals surface area (Å²) in [5.74, 6) is 0.819. The van der Waals surface area contributed by atoms with Gasteiger partial charge in [0.15, 0.2) is 0 Å². The Hall–Kier alpha value is -2.96. The predicted octanol–water partition coefficient (Wildman–Crippen LogP) is 2.54. The third-order valence-corrected chi connectivity index (χ3v) is 6.38. The first kappa shape index (κ1) is 18.1. The number of aromatic nitrogens is 4. The first-order chi connectivity index (χ1) is 14.1. The first-order valence-corrected chi connectivity index (χ1v) is 10.4. The summed E-state index contributed by atoms with van der Waals surface area (Å²) >= 11 is 0. The number of aryl methyl sites for hydroxylation is 1.